The fourth-order valence-corrected chi connectivity index (χ4v) is 3.81. The van der Waals surface area contributed by atoms with Gasteiger partial charge in [0.1, 0.15) is 17.8 Å². The first-order chi connectivity index (χ1) is 14.7. The molecule has 2 aromatic rings. The lowest BCUT2D eigenvalue weighted by atomic mass is 9.97. The van der Waals surface area contributed by atoms with Gasteiger partial charge in [-0.3, -0.25) is 4.57 Å². The van der Waals surface area contributed by atoms with Crippen LogP contribution in [-0.2, 0) is 24.9 Å². The van der Waals surface area contributed by atoms with Gasteiger partial charge in [0.05, 0.1) is 25.8 Å². The monoisotopic (exact) mass is 434 g/mol. The summed E-state index contributed by atoms with van der Waals surface area (Å²) in [6, 6.07) is 6.14. The van der Waals surface area contributed by atoms with E-state index in [1.54, 1.807) is 19.1 Å². The second kappa shape index (κ2) is 9.55. The molecule has 1 aliphatic heterocycles. The quantitative estimate of drug-likeness (QED) is 0.669. The van der Waals surface area contributed by atoms with Gasteiger partial charge in [-0.05, 0) is 38.0 Å². The summed E-state index contributed by atoms with van der Waals surface area (Å²) < 4.78 is 35.8. The fourth-order valence-electron chi connectivity index (χ4n) is 3.81. The average Bonchev–Trinajstić information content (AvgIpc) is 2.72. The van der Waals surface area contributed by atoms with Crippen molar-refractivity contribution in [2.75, 3.05) is 6.54 Å². The summed E-state index contributed by atoms with van der Waals surface area (Å²) in [5, 5.41) is 0. The van der Waals surface area contributed by atoms with E-state index in [0.717, 1.165) is 15.8 Å². The molecule has 1 aromatic heterocycles. The SMILES string of the molecule is C=C1CC(OCc2ccc(F)cc2)CC(C)N1C[C@@H](F)Cn1c(=O)nc(C)n(C)c1=O. The molecule has 3 rings (SSSR count). The number of rotatable bonds is 7. The van der Waals surface area contributed by atoms with E-state index in [-0.39, 0.29) is 36.9 Å². The molecule has 0 aliphatic carbocycles. The predicted octanol–water partition coefficient (Wildman–Crippen LogP) is 2.31. The molecule has 0 radical (unpaired) electrons. The first-order valence-corrected chi connectivity index (χ1v) is 10.2. The van der Waals surface area contributed by atoms with Crippen LogP contribution < -0.4 is 11.4 Å². The van der Waals surface area contributed by atoms with E-state index >= 15 is 0 Å². The molecule has 2 heterocycles. The number of nitrogens with zero attached hydrogens (tertiary/aromatic N) is 4. The summed E-state index contributed by atoms with van der Waals surface area (Å²) in [4.78, 5) is 29.9. The third-order valence-corrected chi connectivity index (χ3v) is 5.67. The molecule has 0 N–H and O–H groups in total. The maximum atomic E-state index is 14.8. The van der Waals surface area contributed by atoms with Crippen LogP contribution in [0.25, 0.3) is 0 Å². The van der Waals surface area contributed by atoms with E-state index in [2.05, 4.69) is 11.6 Å². The van der Waals surface area contributed by atoms with Gasteiger partial charge in [0.2, 0.25) is 0 Å². The van der Waals surface area contributed by atoms with Crippen LogP contribution in [0.5, 0.6) is 0 Å². The Labute approximate surface area is 179 Å². The van der Waals surface area contributed by atoms with Crippen LogP contribution in [0.2, 0.25) is 0 Å². The second-order valence-corrected chi connectivity index (χ2v) is 8.06. The highest BCUT2D eigenvalue weighted by molar-refractivity contribution is 5.15. The van der Waals surface area contributed by atoms with Crippen molar-refractivity contribution in [3.8, 4) is 0 Å². The molecule has 7 nitrogen and oxygen atoms in total. The molecule has 1 saturated heterocycles. The van der Waals surface area contributed by atoms with Gasteiger partial charge in [-0.25, -0.2) is 22.9 Å². The zero-order valence-corrected chi connectivity index (χ0v) is 18.1. The first kappa shape index (κ1) is 22.9. The highest BCUT2D eigenvalue weighted by atomic mass is 19.1. The van der Waals surface area contributed by atoms with E-state index < -0.39 is 17.6 Å². The summed E-state index contributed by atoms with van der Waals surface area (Å²) >= 11 is 0. The Morgan fingerprint density at radius 1 is 1.26 bits per heavy atom. The minimum absolute atomic E-state index is 0.0200. The number of halogens is 2. The van der Waals surface area contributed by atoms with Crippen LogP contribution in [-0.4, -0.2) is 43.9 Å². The average molecular weight is 434 g/mol. The van der Waals surface area contributed by atoms with Gasteiger partial charge in [0.25, 0.3) is 0 Å². The van der Waals surface area contributed by atoms with Gasteiger partial charge in [0.15, 0.2) is 0 Å². The fraction of sp³-hybridized carbons (Fsp3) is 0.500. The molecular formula is C22H28F2N4O3. The number of hydrogen-bond donors (Lipinski definition) is 0. The third-order valence-electron chi connectivity index (χ3n) is 5.67. The maximum Gasteiger partial charge on any atom is 0.353 e. The molecule has 168 valence electrons. The first-order valence-electron chi connectivity index (χ1n) is 10.2. The standard InChI is InChI=1S/C22H28F2N4O3/c1-14-9-20(31-13-17-5-7-18(23)8-6-17)10-15(2)27(14)11-19(24)12-28-21(29)25-16(3)26(4)22(28)30/h5-8,15,19-20H,1,9-13H2,2-4H3/t15?,19-,20?/m1/s1. The molecule has 31 heavy (non-hydrogen) atoms. The summed E-state index contributed by atoms with van der Waals surface area (Å²) in [6.45, 7) is 7.60. The molecule has 9 heteroatoms. The molecule has 2 unspecified atom stereocenters. The van der Waals surface area contributed by atoms with Gasteiger partial charge in [-0.15, -0.1) is 0 Å². The Kier molecular flexibility index (Phi) is 7.04. The molecule has 1 fully saturated rings. The van der Waals surface area contributed by atoms with Crippen LogP contribution in [0.4, 0.5) is 8.78 Å². The molecule has 0 bridgehead atoms. The Morgan fingerprint density at radius 3 is 2.58 bits per heavy atom. The molecule has 0 amide bonds. The van der Waals surface area contributed by atoms with Crippen LogP contribution in [0, 0.1) is 12.7 Å². The zero-order valence-electron chi connectivity index (χ0n) is 18.1. The van der Waals surface area contributed by atoms with Crippen LogP contribution in [0.15, 0.2) is 46.1 Å². The van der Waals surface area contributed by atoms with Gasteiger partial charge in [-0.1, -0.05) is 18.7 Å². The highest BCUT2D eigenvalue weighted by Crippen LogP contribution is 2.28. The number of alkyl halides is 1. The summed E-state index contributed by atoms with van der Waals surface area (Å²) in [6.07, 6.45) is -0.281. The minimum Gasteiger partial charge on any atom is -0.373 e. The third kappa shape index (κ3) is 5.46. The van der Waals surface area contributed by atoms with Crippen molar-refractivity contribution in [2.24, 2.45) is 7.05 Å². The van der Waals surface area contributed by atoms with Crippen molar-refractivity contribution in [1.29, 1.82) is 0 Å². The van der Waals surface area contributed by atoms with Crippen LogP contribution in [0.3, 0.4) is 0 Å². The molecule has 3 atom stereocenters. The Balaban J connectivity index is 1.58. The van der Waals surface area contributed by atoms with Gasteiger partial charge >= 0.3 is 11.4 Å². The highest BCUT2D eigenvalue weighted by Gasteiger charge is 2.30. The van der Waals surface area contributed by atoms with E-state index in [1.165, 1.54) is 23.7 Å². The number of benzene rings is 1. The lowest BCUT2D eigenvalue weighted by molar-refractivity contribution is -0.00754. The van der Waals surface area contributed by atoms with Gasteiger partial charge < -0.3 is 9.64 Å². The summed E-state index contributed by atoms with van der Waals surface area (Å²) in [7, 11) is 1.49. The lowest BCUT2D eigenvalue weighted by Gasteiger charge is -2.41. The molecule has 1 aliphatic rings. The van der Waals surface area contributed by atoms with Crippen molar-refractivity contribution in [2.45, 2.75) is 58.2 Å². The largest absolute Gasteiger partial charge is 0.373 e. The van der Waals surface area contributed by atoms with Crippen molar-refractivity contribution in [3.63, 3.8) is 0 Å². The predicted molar refractivity (Wildman–Crippen MR) is 113 cm³/mol. The second-order valence-electron chi connectivity index (χ2n) is 8.06. The molecule has 1 aromatic carbocycles. The van der Waals surface area contributed by atoms with Crippen molar-refractivity contribution < 1.29 is 13.5 Å². The van der Waals surface area contributed by atoms with E-state index in [0.29, 0.717) is 19.4 Å². The lowest BCUT2D eigenvalue weighted by Crippen LogP contribution is -2.47. The van der Waals surface area contributed by atoms with Gasteiger partial charge in [-0.2, -0.15) is 4.98 Å². The normalized spacial score (nSPS) is 20.2. The topological polar surface area (TPSA) is 69.4 Å². The molecule has 0 saturated carbocycles. The van der Waals surface area contributed by atoms with Crippen molar-refractivity contribution >= 4 is 0 Å². The van der Waals surface area contributed by atoms with E-state index in [9.17, 15) is 18.4 Å². The number of ether oxygens (including phenoxy) is 1. The summed E-state index contributed by atoms with van der Waals surface area (Å²) in [5.74, 6) is -0.00672. The summed E-state index contributed by atoms with van der Waals surface area (Å²) in [5.41, 5.74) is 0.292. The smallest absolute Gasteiger partial charge is 0.353 e. The van der Waals surface area contributed by atoms with Crippen LogP contribution >= 0.6 is 0 Å². The van der Waals surface area contributed by atoms with E-state index in [4.69, 9.17) is 4.74 Å². The molecule has 0 spiro atoms. The number of piperidine rings is 1. The van der Waals surface area contributed by atoms with E-state index in [1.807, 2.05) is 11.8 Å². The minimum atomic E-state index is -1.44. The number of likely N-dealkylation sites (tertiary alicyclic amines) is 1. The molecular weight excluding hydrogens is 406 g/mol. The number of hydrogen-bond acceptors (Lipinski definition) is 5. The maximum absolute atomic E-state index is 14.8. The number of aryl methyl sites for hydroxylation is 1. The van der Waals surface area contributed by atoms with Crippen LogP contribution in [0.1, 0.15) is 31.2 Å². The Hall–Kier alpha value is -2.81. The van der Waals surface area contributed by atoms with Crippen molar-refractivity contribution in [3.05, 3.63) is 74.7 Å². The Morgan fingerprint density at radius 2 is 1.94 bits per heavy atom. The Bertz CT molecular complexity index is 1050. The van der Waals surface area contributed by atoms with Gasteiger partial charge in [0, 0.05) is 25.2 Å². The zero-order chi connectivity index (χ0) is 22.7. The number of aromatic nitrogens is 3. The van der Waals surface area contributed by atoms with Crippen molar-refractivity contribution in [1.82, 2.24) is 19.0 Å².